The van der Waals surface area contributed by atoms with Crippen LogP contribution in [0, 0.1) is 38.7 Å². The van der Waals surface area contributed by atoms with E-state index in [2.05, 4.69) is 0 Å². The van der Waals surface area contributed by atoms with E-state index in [0.717, 1.165) is 6.08 Å². The van der Waals surface area contributed by atoms with Crippen LogP contribution >= 0.6 is 0 Å². The molecule has 1 aliphatic rings. The highest BCUT2D eigenvalue weighted by Gasteiger charge is 2.49. The van der Waals surface area contributed by atoms with Crippen molar-refractivity contribution in [3.63, 3.8) is 0 Å². The summed E-state index contributed by atoms with van der Waals surface area (Å²) in [6.45, 7) is 0. The molecule has 0 aromatic rings. The molecule has 0 amide bonds. The summed E-state index contributed by atoms with van der Waals surface area (Å²) in [6, 6.07) is 3.28. The minimum Gasteiger partial charge on any atom is -0.262 e. The Balaban J connectivity index is 3.21. The van der Waals surface area contributed by atoms with Crippen molar-refractivity contribution < 1.29 is 4.92 Å². The zero-order valence-electron chi connectivity index (χ0n) is 6.54. The van der Waals surface area contributed by atoms with E-state index in [1.165, 1.54) is 18.2 Å². The first kappa shape index (κ1) is 8.95. The average molecular weight is 175 g/mol. The van der Waals surface area contributed by atoms with Gasteiger partial charge in [0.1, 0.15) is 0 Å². The molecule has 0 aliphatic heterocycles. The number of nitriles is 2. The lowest BCUT2D eigenvalue weighted by Crippen LogP contribution is -2.42. The summed E-state index contributed by atoms with van der Waals surface area (Å²) in [5.41, 5.74) is -1.91. The van der Waals surface area contributed by atoms with Gasteiger partial charge in [-0.05, 0) is 0 Å². The normalized spacial score (nSPS) is 30.5. The van der Waals surface area contributed by atoms with E-state index in [4.69, 9.17) is 10.5 Å². The lowest BCUT2D eigenvalue weighted by atomic mass is 9.83. The third kappa shape index (κ3) is 1.17. The molecule has 64 valence electrons. The largest absolute Gasteiger partial charge is 0.342 e. The quantitative estimate of drug-likeness (QED) is 0.435. The number of allylic oxidation sites excluding steroid dienone is 2. The Morgan fingerprint density at radius 3 is 2.54 bits per heavy atom. The minimum absolute atomic E-state index is 0.735. The van der Waals surface area contributed by atoms with Gasteiger partial charge in [-0.15, -0.1) is 0 Å². The van der Waals surface area contributed by atoms with Crippen LogP contribution in [0.3, 0.4) is 0 Å². The molecule has 0 fully saturated rings. The molecular formula is C8H5N3O2. The Hall–Kier alpha value is -2.14. The monoisotopic (exact) mass is 175 g/mol. The summed E-state index contributed by atoms with van der Waals surface area (Å²) in [5.74, 6) is -1.02. The molecule has 0 aromatic carbocycles. The molecule has 5 heteroatoms. The fraction of sp³-hybridized carbons (Fsp3) is 0.250. The first-order valence-electron chi connectivity index (χ1n) is 3.49. The van der Waals surface area contributed by atoms with Crippen molar-refractivity contribution in [1.29, 1.82) is 10.5 Å². The molecule has 0 spiro atoms. The van der Waals surface area contributed by atoms with Crippen molar-refractivity contribution in [1.82, 2.24) is 0 Å². The van der Waals surface area contributed by atoms with E-state index in [-0.39, 0.29) is 0 Å². The Bertz CT molecular complexity index is 372. The molecule has 2 unspecified atom stereocenters. The van der Waals surface area contributed by atoms with Crippen LogP contribution in [0.5, 0.6) is 0 Å². The summed E-state index contributed by atoms with van der Waals surface area (Å²) >= 11 is 0. The summed E-state index contributed by atoms with van der Waals surface area (Å²) in [6.07, 6.45) is 5.42. The highest BCUT2D eigenvalue weighted by Crippen LogP contribution is 2.26. The van der Waals surface area contributed by atoms with Crippen LogP contribution in [0.4, 0.5) is 0 Å². The topological polar surface area (TPSA) is 90.7 Å². The van der Waals surface area contributed by atoms with Crippen LogP contribution in [0.25, 0.3) is 0 Å². The van der Waals surface area contributed by atoms with Crippen molar-refractivity contribution in [3.05, 3.63) is 34.4 Å². The maximum Gasteiger partial charge on any atom is 0.342 e. The molecule has 0 heterocycles. The lowest BCUT2D eigenvalue weighted by molar-refractivity contribution is -0.542. The summed E-state index contributed by atoms with van der Waals surface area (Å²) in [4.78, 5) is 9.89. The van der Waals surface area contributed by atoms with Crippen molar-refractivity contribution in [2.45, 2.75) is 5.54 Å². The summed E-state index contributed by atoms with van der Waals surface area (Å²) in [7, 11) is 0. The molecule has 1 rings (SSSR count). The summed E-state index contributed by atoms with van der Waals surface area (Å²) in [5, 5.41) is 27.9. The Labute approximate surface area is 74.3 Å². The number of hydrogen-bond donors (Lipinski definition) is 0. The van der Waals surface area contributed by atoms with Gasteiger partial charge in [-0.2, -0.15) is 10.5 Å². The minimum atomic E-state index is -1.91. The second-order valence-electron chi connectivity index (χ2n) is 2.55. The molecule has 13 heavy (non-hydrogen) atoms. The van der Waals surface area contributed by atoms with Gasteiger partial charge >= 0.3 is 5.54 Å². The molecule has 5 nitrogen and oxygen atoms in total. The molecule has 0 aromatic heterocycles. The van der Waals surface area contributed by atoms with E-state index >= 15 is 0 Å². The van der Waals surface area contributed by atoms with Crippen LogP contribution in [0.2, 0.25) is 0 Å². The Morgan fingerprint density at radius 1 is 1.46 bits per heavy atom. The molecule has 0 bridgehead atoms. The van der Waals surface area contributed by atoms with Gasteiger partial charge in [-0.3, -0.25) is 10.1 Å². The second-order valence-corrected chi connectivity index (χ2v) is 2.55. The van der Waals surface area contributed by atoms with Crippen LogP contribution in [0.15, 0.2) is 24.3 Å². The summed E-state index contributed by atoms with van der Waals surface area (Å²) < 4.78 is 0. The number of rotatable bonds is 1. The van der Waals surface area contributed by atoms with E-state index in [0.29, 0.717) is 0 Å². The predicted octanol–water partition coefficient (Wildman–Crippen LogP) is 0.791. The van der Waals surface area contributed by atoms with E-state index in [1.807, 2.05) is 0 Å². The van der Waals surface area contributed by atoms with E-state index < -0.39 is 16.4 Å². The second kappa shape index (κ2) is 3.08. The van der Waals surface area contributed by atoms with Crippen LogP contribution in [0.1, 0.15) is 0 Å². The van der Waals surface area contributed by atoms with Gasteiger partial charge < -0.3 is 0 Å². The Kier molecular flexibility index (Phi) is 2.12. The SMILES string of the molecule is N#CC1C=CC=CC1(C#N)[N+](=O)[O-]. The van der Waals surface area contributed by atoms with Gasteiger partial charge in [0.15, 0.2) is 12.0 Å². The number of hydrogen-bond acceptors (Lipinski definition) is 4. The van der Waals surface area contributed by atoms with E-state index in [1.54, 1.807) is 12.1 Å². The van der Waals surface area contributed by atoms with Crippen molar-refractivity contribution in [2.24, 2.45) is 5.92 Å². The fourth-order valence-corrected chi connectivity index (χ4v) is 1.09. The third-order valence-corrected chi connectivity index (χ3v) is 1.86. The molecular weight excluding hydrogens is 170 g/mol. The lowest BCUT2D eigenvalue weighted by Gasteiger charge is -2.18. The molecule has 0 saturated carbocycles. The highest BCUT2D eigenvalue weighted by molar-refractivity contribution is 5.33. The first-order valence-corrected chi connectivity index (χ1v) is 3.49. The van der Waals surface area contributed by atoms with Crippen molar-refractivity contribution in [3.8, 4) is 12.1 Å². The molecule has 1 aliphatic carbocycles. The van der Waals surface area contributed by atoms with Gasteiger partial charge in [0.25, 0.3) is 0 Å². The Morgan fingerprint density at radius 2 is 2.15 bits per heavy atom. The van der Waals surface area contributed by atoms with Gasteiger partial charge in [-0.1, -0.05) is 18.2 Å². The molecule has 0 radical (unpaired) electrons. The molecule has 0 saturated heterocycles. The average Bonchev–Trinajstić information content (AvgIpc) is 2.17. The number of nitrogens with zero attached hydrogens (tertiary/aromatic N) is 3. The maximum atomic E-state index is 10.6. The van der Waals surface area contributed by atoms with E-state index in [9.17, 15) is 10.1 Å². The van der Waals surface area contributed by atoms with Crippen molar-refractivity contribution >= 4 is 0 Å². The zero-order chi connectivity index (χ0) is 9.90. The van der Waals surface area contributed by atoms with Crippen LogP contribution in [-0.2, 0) is 0 Å². The van der Waals surface area contributed by atoms with Gasteiger partial charge in [0, 0.05) is 11.0 Å². The van der Waals surface area contributed by atoms with Gasteiger partial charge in [0.2, 0.25) is 0 Å². The third-order valence-electron chi connectivity index (χ3n) is 1.86. The zero-order valence-corrected chi connectivity index (χ0v) is 6.54. The molecule has 0 N–H and O–H groups in total. The standard InChI is InChI=1S/C8H5N3O2/c9-5-7-3-1-2-4-8(7,6-10)11(12)13/h1-4,7H. The first-order chi connectivity index (χ1) is 6.17. The van der Waals surface area contributed by atoms with Crippen molar-refractivity contribution in [2.75, 3.05) is 0 Å². The molecule has 2 atom stereocenters. The van der Waals surface area contributed by atoms with Crippen LogP contribution < -0.4 is 0 Å². The van der Waals surface area contributed by atoms with Crippen LogP contribution in [-0.4, -0.2) is 10.5 Å². The van der Waals surface area contributed by atoms with Gasteiger partial charge in [-0.25, -0.2) is 0 Å². The fourth-order valence-electron chi connectivity index (χ4n) is 1.09. The van der Waals surface area contributed by atoms with Gasteiger partial charge in [0.05, 0.1) is 6.07 Å². The predicted molar refractivity (Wildman–Crippen MR) is 42.7 cm³/mol. The number of nitro groups is 1. The highest BCUT2D eigenvalue weighted by atomic mass is 16.6. The maximum absolute atomic E-state index is 10.6. The smallest absolute Gasteiger partial charge is 0.262 e.